The molecule has 88 valence electrons. The Kier molecular flexibility index (Phi) is 3.41. The summed E-state index contributed by atoms with van der Waals surface area (Å²) in [5.74, 6) is -0.535. The maximum Gasteiger partial charge on any atom is 0.130 e. The predicted octanol–water partition coefficient (Wildman–Crippen LogP) is 3.26. The molecule has 2 rings (SSSR count). The van der Waals surface area contributed by atoms with Gasteiger partial charge in [-0.3, -0.25) is 4.98 Å². The van der Waals surface area contributed by atoms with Crippen molar-refractivity contribution >= 4 is 11.6 Å². The van der Waals surface area contributed by atoms with Gasteiger partial charge in [0.25, 0.3) is 0 Å². The van der Waals surface area contributed by atoms with E-state index in [4.69, 9.17) is 11.6 Å². The molecule has 1 atom stereocenters. The molecule has 0 saturated carbocycles. The Labute approximate surface area is 104 Å². The van der Waals surface area contributed by atoms with Crippen LogP contribution >= 0.6 is 11.6 Å². The molecule has 1 aromatic heterocycles. The molecule has 0 spiro atoms. The summed E-state index contributed by atoms with van der Waals surface area (Å²) < 4.78 is 13.6. The Hall–Kier alpha value is -1.45. The van der Waals surface area contributed by atoms with Crippen LogP contribution in [0.2, 0.25) is 5.02 Å². The number of benzene rings is 1. The smallest absolute Gasteiger partial charge is 0.130 e. The van der Waals surface area contributed by atoms with Crippen LogP contribution in [-0.2, 0) is 0 Å². The van der Waals surface area contributed by atoms with E-state index in [1.807, 2.05) is 13.0 Å². The Balaban J connectivity index is 2.36. The summed E-state index contributed by atoms with van der Waals surface area (Å²) in [7, 11) is 0. The molecule has 2 nitrogen and oxygen atoms in total. The molecule has 0 saturated heterocycles. The number of pyridine rings is 1. The van der Waals surface area contributed by atoms with Gasteiger partial charge in [-0.05, 0) is 30.7 Å². The van der Waals surface area contributed by atoms with Crippen molar-refractivity contribution in [2.75, 3.05) is 0 Å². The molecule has 1 N–H and O–H groups in total. The van der Waals surface area contributed by atoms with E-state index in [-0.39, 0.29) is 5.56 Å². The summed E-state index contributed by atoms with van der Waals surface area (Å²) in [5, 5.41) is 10.3. The van der Waals surface area contributed by atoms with Crippen molar-refractivity contribution in [3.63, 3.8) is 0 Å². The van der Waals surface area contributed by atoms with E-state index in [0.717, 1.165) is 5.56 Å². The fraction of sp³-hybridized carbons (Fsp3) is 0.154. The maximum absolute atomic E-state index is 13.6. The second-order valence-electron chi connectivity index (χ2n) is 3.83. The molecule has 1 heterocycles. The molecule has 0 fully saturated rings. The number of aromatic nitrogens is 1. The zero-order valence-corrected chi connectivity index (χ0v) is 9.95. The summed E-state index contributed by atoms with van der Waals surface area (Å²) >= 11 is 5.65. The van der Waals surface area contributed by atoms with Gasteiger partial charge in [0.1, 0.15) is 11.9 Å². The number of hydrogen-bond donors (Lipinski definition) is 1. The lowest BCUT2D eigenvalue weighted by Crippen LogP contribution is -2.04. The van der Waals surface area contributed by atoms with Crippen molar-refractivity contribution in [1.82, 2.24) is 4.98 Å². The summed E-state index contributed by atoms with van der Waals surface area (Å²) in [6.45, 7) is 1.89. The van der Waals surface area contributed by atoms with Crippen molar-refractivity contribution in [3.05, 3.63) is 64.2 Å². The highest BCUT2D eigenvalue weighted by Crippen LogP contribution is 2.25. The van der Waals surface area contributed by atoms with Gasteiger partial charge in [0.05, 0.1) is 5.69 Å². The van der Waals surface area contributed by atoms with E-state index >= 15 is 0 Å². The van der Waals surface area contributed by atoms with Crippen LogP contribution in [-0.4, -0.2) is 10.1 Å². The fourth-order valence-corrected chi connectivity index (χ4v) is 1.68. The first-order valence-corrected chi connectivity index (χ1v) is 5.51. The van der Waals surface area contributed by atoms with Crippen LogP contribution in [0.3, 0.4) is 0 Å². The van der Waals surface area contributed by atoms with Crippen LogP contribution in [0.25, 0.3) is 0 Å². The normalized spacial score (nSPS) is 12.5. The molecule has 2 aromatic rings. The highest BCUT2D eigenvalue weighted by atomic mass is 35.5. The molecular formula is C13H11ClFNO. The van der Waals surface area contributed by atoms with Crippen molar-refractivity contribution in [2.24, 2.45) is 0 Å². The first-order valence-electron chi connectivity index (χ1n) is 5.13. The molecule has 0 aliphatic heterocycles. The minimum absolute atomic E-state index is 0.172. The van der Waals surface area contributed by atoms with Crippen molar-refractivity contribution in [3.8, 4) is 0 Å². The maximum atomic E-state index is 13.6. The number of aliphatic hydroxyl groups is 1. The molecule has 0 bridgehead atoms. The largest absolute Gasteiger partial charge is 0.382 e. The molecular weight excluding hydrogens is 241 g/mol. The van der Waals surface area contributed by atoms with Gasteiger partial charge in [-0.1, -0.05) is 23.7 Å². The van der Waals surface area contributed by atoms with Crippen LogP contribution < -0.4 is 0 Å². The minimum Gasteiger partial charge on any atom is -0.382 e. The van der Waals surface area contributed by atoms with E-state index in [1.165, 1.54) is 18.2 Å². The first-order chi connectivity index (χ1) is 8.08. The van der Waals surface area contributed by atoms with E-state index in [1.54, 1.807) is 12.3 Å². The predicted molar refractivity (Wildman–Crippen MR) is 64.4 cm³/mol. The lowest BCUT2D eigenvalue weighted by atomic mass is 10.1. The molecule has 1 aromatic carbocycles. The molecule has 0 amide bonds. The SMILES string of the molecule is Cc1ccc(C(O)c2ccc(Cl)cc2F)nc1. The van der Waals surface area contributed by atoms with E-state index in [2.05, 4.69) is 4.98 Å². The van der Waals surface area contributed by atoms with E-state index in [0.29, 0.717) is 10.7 Å². The Bertz CT molecular complexity index is 527. The third kappa shape index (κ3) is 2.62. The highest BCUT2D eigenvalue weighted by molar-refractivity contribution is 6.30. The van der Waals surface area contributed by atoms with Gasteiger partial charge >= 0.3 is 0 Å². The van der Waals surface area contributed by atoms with Gasteiger partial charge in [0.2, 0.25) is 0 Å². The minimum atomic E-state index is -1.08. The monoisotopic (exact) mass is 251 g/mol. The third-order valence-electron chi connectivity index (χ3n) is 2.47. The molecule has 17 heavy (non-hydrogen) atoms. The summed E-state index contributed by atoms with van der Waals surface area (Å²) in [6.07, 6.45) is 0.555. The van der Waals surface area contributed by atoms with Crippen LogP contribution in [0.15, 0.2) is 36.5 Å². The average molecular weight is 252 g/mol. The molecule has 4 heteroatoms. The summed E-state index contributed by atoms with van der Waals surface area (Å²) in [5.41, 5.74) is 1.57. The van der Waals surface area contributed by atoms with E-state index < -0.39 is 11.9 Å². The van der Waals surface area contributed by atoms with Crippen LogP contribution in [0, 0.1) is 12.7 Å². The standard InChI is InChI=1S/C13H11ClFNO/c1-8-2-5-12(16-7-8)13(17)10-4-3-9(14)6-11(10)15/h2-7,13,17H,1H3. The summed E-state index contributed by atoms with van der Waals surface area (Å²) in [4.78, 5) is 4.07. The van der Waals surface area contributed by atoms with Crippen LogP contribution in [0.4, 0.5) is 4.39 Å². The number of hydrogen-bond acceptors (Lipinski definition) is 2. The first kappa shape index (κ1) is 12.0. The number of rotatable bonds is 2. The van der Waals surface area contributed by atoms with Gasteiger partial charge in [0, 0.05) is 16.8 Å². The Morgan fingerprint density at radius 2 is 2.06 bits per heavy atom. The summed E-state index contributed by atoms with van der Waals surface area (Å²) in [6, 6.07) is 7.67. The third-order valence-corrected chi connectivity index (χ3v) is 2.71. The zero-order chi connectivity index (χ0) is 12.4. The highest BCUT2D eigenvalue weighted by Gasteiger charge is 2.16. The zero-order valence-electron chi connectivity index (χ0n) is 9.19. The lowest BCUT2D eigenvalue weighted by Gasteiger charge is -2.11. The van der Waals surface area contributed by atoms with Crippen molar-refractivity contribution in [2.45, 2.75) is 13.0 Å². The van der Waals surface area contributed by atoms with Gasteiger partial charge in [-0.15, -0.1) is 0 Å². The topological polar surface area (TPSA) is 33.1 Å². The van der Waals surface area contributed by atoms with Crippen molar-refractivity contribution < 1.29 is 9.50 Å². The number of aryl methyl sites for hydroxylation is 1. The molecule has 0 radical (unpaired) electrons. The molecule has 0 aliphatic carbocycles. The van der Waals surface area contributed by atoms with Gasteiger partial charge in [-0.2, -0.15) is 0 Å². The molecule has 1 unspecified atom stereocenters. The second-order valence-corrected chi connectivity index (χ2v) is 4.27. The number of nitrogens with zero attached hydrogens (tertiary/aromatic N) is 1. The number of halogens is 2. The Morgan fingerprint density at radius 3 is 2.65 bits per heavy atom. The van der Waals surface area contributed by atoms with Crippen LogP contribution in [0.1, 0.15) is 22.9 Å². The van der Waals surface area contributed by atoms with Gasteiger partial charge < -0.3 is 5.11 Å². The Morgan fingerprint density at radius 1 is 1.29 bits per heavy atom. The average Bonchev–Trinajstić information content (AvgIpc) is 2.29. The van der Waals surface area contributed by atoms with Crippen molar-refractivity contribution in [1.29, 1.82) is 0 Å². The lowest BCUT2D eigenvalue weighted by molar-refractivity contribution is 0.210. The second kappa shape index (κ2) is 4.82. The van der Waals surface area contributed by atoms with Gasteiger partial charge in [-0.25, -0.2) is 4.39 Å². The van der Waals surface area contributed by atoms with Gasteiger partial charge in [0.15, 0.2) is 0 Å². The van der Waals surface area contributed by atoms with Crippen LogP contribution in [0.5, 0.6) is 0 Å². The quantitative estimate of drug-likeness (QED) is 0.889. The van der Waals surface area contributed by atoms with E-state index in [9.17, 15) is 9.50 Å². The molecule has 0 aliphatic rings. The fourth-order valence-electron chi connectivity index (χ4n) is 1.52. The number of aliphatic hydroxyl groups excluding tert-OH is 1.